The summed E-state index contributed by atoms with van der Waals surface area (Å²) in [5.74, 6) is -0.0864. The Bertz CT molecular complexity index is 823. The van der Waals surface area contributed by atoms with Crippen LogP contribution in [0.5, 0.6) is 0 Å². The number of hydrogen-bond acceptors (Lipinski definition) is 5. The Morgan fingerprint density at radius 3 is 2.32 bits per heavy atom. The van der Waals surface area contributed by atoms with Crippen LogP contribution < -0.4 is 10.5 Å². The zero-order valence-corrected chi connectivity index (χ0v) is 13.6. The van der Waals surface area contributed by atoms with Crippen LogP contribution in [-0.2, 0) is 11.3 Å². The molecule has 8 nitrogen and oxygen atoms in total. The molecule has 2 aromatic rings. The number of rotatable bonds is 4. The summed E-state index contributed by atoms with van der Waals surface area (Å²) in [5, 5.41) is 10.7. The number of carbonyl (C=O) groups is 1. The van der Waals surface area contributed by atoms with E-state index in [1.54, 1.807) is 35.4 Å². The van der Waals surface area contributed by atoms with E-state index in [-0.39, 0.29) is 23.7 Å². The third kappa shape index (κ3) is 3.85. The maximum absolute atomic E-state index is 12.4. The Morgan fingerprint density at radius 1 is 1.04 bits per heavy atom. The first kappa shape index (κ1) is 16.7. The van der Waals surface area contributed by atoms with E-state index in [4.69, 9.17) is 0 Å². The van der Waals surface area contributed by atoms with Crippen molar-refractivity contribution in [1.82, 2.24) is 9.47 Å². The predicted molar refractivity (Wildman–Crippen MR) is 92.6 cm³/mol. The number of anilines is 1. The summed E-state index contributed by atoms with van der Waals surface area (Å²) in [6, 6.07) is 11.2. The third-order valence-corrected chi connectivity index (χ3v) is 4.26. The van der Waals surface area contributed by atoms with E-state index < -0.39 is 4.92 Å². The van der Waals surface area contributed by atoms with Crippen molar-refractivity contribution in [2.75, 3.05) is 31.1 Å². The molecule has 1 aromatic heterocycles. The molecule has 1 saturated heterocycles. The topological polar surface area (TPSA) is 88.7 Å². The molecule has 0 N–H and O–H groups in total. The van der Waals surface area contributed by atoms with Crippen molar-refractivity contribution in [3.8, 4) is 0 Å². The lowest BCUT2D eigenvalue weighted by Gasteiger charge is -2.36. The van der Waals surface area contributed by atoms with E-state index in [9.17, 15) is 19.7 Å². The van der Waals surface area contributed by atoms with Gasteiger partial charge >= 0.3 is 0 Å². The van der Waals surface area contributed by atoms with Crippen molar-refractivity contribution in [2.45, 2.75) is 6.54 Å². The molecular formula is C17H18N4O4. The van der Waals surface area contributed by atoms with Crippen LogP contribution in [0, 0.1) is 10.1 Å². The normalized spacial score (nSPS) is 14.4. The molecule has 1 aromatic carbocycles. The van der Waals surface area contributed by atoms with Crippen LogP contribution in [0.25, 0.3) is 0 Å². The fourth-order valence-corrected chi connectivity index (χ4v) is 2.84. The Kier molecular flexibility index (Phi) is 4.78. The number of piperazine rings is 1. The molecule has 0 radical (unpaired) electrons. The monoisotopic (exact) mass is 342 g/mol. The standard InChI is InChI=1S/C17H18N4O4/c22-16-3-1-2-8-20(16)13-17(23)19-11-9-18(10-12-19)14-4-6-15(7-5-14)21(24)25/h1-8H,9-13H2. The average molecular weight is 342 g/mol. The minimum Gasteiger partial charge on any atom is -0.368 e. The zero-order valence-electron chi connectivity index (χ0n) is 13.6. The summed E-state index contributed by atoms with van der Waals surface area (Å²) in [6.45, 7) is 2.44. The molecule has 0 atom stereocenters. The highest BCUT2D eigenvalue weighted by Gasteiger charge is 2.22. The van der Waals surface area contributed by atoms with E-state index in [0.717, 1.165) is 5.69 Å². The van der Waals surface area contributed by atoms with Crippen LogP contribution in [0.4, 0.5) is 11.4 Å². The van der Waals surface area contributed by atoms with Gasteiger partial charge in [0.15, 0.2) is 0 Å². The van der Waals surface area contributed by atoms with Gasteiger partial charge in [0.25, 0.3) is 11.2 Å². The second kappa shape index (κ2) is 7.16. The molecule has 25 heavy (non-hydrogen) atoms. The lowest BCUT2D eigenvalue weighted by atomic mass is 10.2. The van der Waals surface area contributed by atoms with Gasteiger partial charge in [0.2, 0.25) is 5.91 Å². The number of pyridine rings is 1. The highest BCUT2D eigenvalue weighted by molar-refractivity contribution is 5.76. The first-order valence-electron chi connectivity index (χ1n) is 7.97. The highest BCUT2D eigenvalue weighted by atomic mass is 16.6. The molecule has 1 aliphatic rings. The Balaban J connectivity index is 1.58. The molecule has 0 aliphatic carbocycles. The molecule has 3 rings (SSSR count). The first-order chi connectivity index (χ1) is 12.0. The molecule has 1 amide bonds. The van der Waals surface area contributed by atoms with Crippen molar-refractivity contribution >= 4 is 17.3 Å². The molecule has 0 saturated carbocycles. The van der Waals surface area contributed by atoms with Crippen LogP contribution >= 0.6 is 0 Å². The van der Waals surface area contributed by atoms with Crippen molar-refractivity contribution in [3.63, 3.8) is 0 Å². The molecule has 0 unspecified atom stereocenters. The number of hydrogen-bond donors (Lipinski definition) is 0. The largest absolute Gasteiger partial charge is 0.368 e. The number of carbonyl (C=O) groups excluding carboxylic acids is 1. The minimum absolute atomic E-state index is 0.0389. The van der Waals surface area contributed by atoms with Gasteiger partial charge in [-0.15, -0.1) is 0 Å². The molecule has 0 spiro atoms. The molecule has 1 aliphatic heterocycles. The first-order valence-corrected chi connectivity index (χ1v) is 7.97. The molecular weight excluding hydrogens is 324 g/mol. The van der Waals surface area contributed by atoms with Crippen molar-refractivity contribution < 1.29 is 9.72 Å². The van der Waals surface area contributed by atoms with Gasteiger partial charge in [-0.3, -0.25) is 19.7 Å². The summed E-state index contributed by atoms with van der Waals surface area (Å²) in [7, 11) is 0. The lowest BCUT2D eigenvalue weighted by molar-refractivity contribution is -0.384. The summed E-state index contributed by atoms with van der Waals surface area (Å²) in [5.41, 5.74) is 0.767. The number of aromatic nitrogens is 1. The molecule has 1 fully saturated rings. The Hall–Kier alpha value is -3.16. The SMILES string of the molecule is O=C(Cn1ccccc1=O)N1CCN(c2ccc([N+](=O)[O-])cc2)CC1. The number of amides is 1. The number of nitrogens with zero attached hydrogens (tertiary/aromatic N) is 4. The van der Waals surface area contributed by atoms with Crippen LogP contribution in [-0.4, -0.2) is 46.5 Å². The molecule has 2 heterocycles. The van der Waals surface area contributed by atoms with Gasteiger partial charge in [-0.25, -0.2) is 0 Å². The maximum Gasteiger partial charge on any atom is 0.269 e. The number of non-ortho nitro benzene ring substituents is 1. The average Bonchev–Trinajstić information content (AvgIpc) is 2.64. The zero-order chi connectivity index (χ0) is 17.8. The van der Waals surface area contributed by atoms with E-state index in [0.29, 0.717) is 26.2 Å². The van der Waals surface area contributed by atoms with Gasteiger partial charge in [-0.05, 0) is 18.2 Å². The van der Waals surface area contributed by atoms with Gasteiger partial charge in [0, 0.05) is 56.3 Å². The van der Waals surface area contributed by atoms with E-state index >= 15 is 0 Å². The van der Waals surface area contributed by atoms with Gasteiger partial charge in [0.1, 0.15) is 6.54 Å². The van der Waals surface area contributed by atoms with E-state index in [1.165, 1.54) is 22.8 Å². The maximum atomic E-state index is 12.4. The number of nitro groups is 1. The van der Waals surface area contributed by atoms with Crippen LogP contribution in [0.3, 0.4) is 0 Å². The van der Waals surface area contributed by atoms with Crippen LogP contribution in [0.2, 0.25) is 0 Å². The van der Waals surface area contributed by atoms with Gasteiger partial charge < -0.3 is 14.4 Å². The summed E-state index contributed by atoms with van der Waals surface area (Å²) in [6.07, 6.45) is 1.60. The summed E-state index contributed by atoms with van der Waals surface area (Å²) >= 11 is 0. The van der Waals surface area contributed by atoms with Crippen LogP contribution in [0.15, 0.2) is 53.5 Å². The smallest absolute Gasteiger partial charge is 0.269 e. The Labute approximate surface area is 144 Å². The fraction of sp³-hybridized carbons (Fsp3) is 0.294. The minimum atomic E-state index is -0.425. The van der Waals surface area contributed by atoms with Gasteiger partial charge in [-0.1, -0.05) is 6.07 Å². The van der Waals surface area contributed by atoms with Gasteiger partial charge in [-0.2, -0.15) is 0 Å². The highest BCUT2D eigenvalue weighted by Crippen LogP contribution is 2.20. The quantitative estimate of drug-likeness (QED) is 0.613. The van der Waals surface area contributed by atoms with Crippen LogP contribution in [0.1, 0.15) is 0 Å². The molecule has 8 heteroatoms. The van der Waals surface area contributed by atoms with E-state index in [1.807, 2.05) is 0 Å². The Morgan fingerprint density at radius 2 is 1.72 bits per heavy atom. The second-order valence-corrected chi connectivity index (χ2v) is 5.81. The van der Waals surface area contributed by atoms with Crippen molar-refractivity contribution in [1.29, 1.82) is 0 Å². The second-order valence-electron chi connectivity index (χ2n) is 5.81. The van der Waals surface area contributed by atoms with Crippen molar-refractivity contribution in [2.24, 2.45) is 0 Å². The number of benzene rings is 1. The van der Waals surface area contributed by atoms with Gasteiger partial charge in [0.05, 0.1) is 4.92 Å². The third-order valence-electron chi connectivity index (χ3n) is 4.26. The molecule has 130 valence electrons. The fourth-order valence-electron chi connectivity index (χ4n) is 2.84. The predicted octanol–water partition coefficient (Wildman–Crippen LogP) is 1.11. The summed E-state index contributed by atoms with van der Waals surface area (Å²) < 4.78 is 1.39. The van der Waals surface area contributed by atoms with E-state index in [2.05, 4.69) is 4.90 Å². The lowest BCUT2D eigenvalue weighted by Crippen LogP contribution is -2.50. The molecule has 0 bridgehead atoms. The summed E-state index contributed by atoms with van der Waals surface area (Å²) in [4.78, 5) is 38.1. The number of nitro benzene ring substituents is 1. The van der Waals surface area contributed by atoms with Crippen molar-refractivity contribution in [3.05, 3.63) is 69.1 Å².